The maximum Gasteiger partial charge on any atom is 0.230 e. The van der Waals surface area contributed by atoms with Gasteiger partial charge >= 0.3 is 0 Å². The highest BCUT2D eigenvalue weighted by atomic mass is 32.1. The summed E-state index contributed by atoms with van der Waals surface area (Å²) in [7, 11) is 1.62. The molecule has 0 atom stereocenters. The quantitative estimate of drug-likeness (QED) is 0.754. The van der Waals surface area contributed by atoms with E-state index in [9.17, 15) is 4.79 Å². The number of benzene rings is 2. The second kappa shape index (κ2) is 7.27. The highest BCUT2D eigenvalue weighted by molar-refractivity contribution is 7.16. The standard InChI is InChI=1S/C19H18N2O2S/c1-13-18(15-6-4-3-5-7-15)21-19(24-13)20-17(22)12-14-8-10-16(23-2)11-9-14/h3-11H,12H2,1-2H3,(H,20,21,22). The first-order valence-electron chi connectivity index (χ1n) is 7.61. The van der Waals surface area contributed by atoms with E-state index in [0.29, 0.717) is 11.6 Å². The van der Waals surface area contributed by atoms with Crippen molar-refractivity contribution in [1.82, 2.24) is 4.98 Å². The Morgan fingerprint density at radius 2 is 1.83 bits per heavy atom. The number of hydrogen-bond acceptors (Lipinski definition) is 4. The zero-order valence-electron chi connectivity index (χ0n) is 13.6. The molecule has 5 heteroatoms. The highest BCUT2D eigenvalue weighted by Crippen LogP contribution is 2.30. The number of carbonyl (C=O) groups is 1. The van der Waals surface area contributed by atoms with Crippen LogP contribution in [0.5, 0.6) is 5.75 Å². The third kappa shape index (κ3) is 3.81. The molecule has 0 spiro atoms. The van der Waals surface area contributed by atoms with Crippen molar-refractivity contribution in [3.63, 3.8) is 0 Å². The first kappa shape index (κ1) is 16.2. The van der Waals surface area contributed by atoms with E-state index in [4.69, 9.17) is 4.74 Å². The maximum atomic E-state index is 12.2. The molecule has 1 amide bonds. The highest BCUT2D eigenvalue weighted by Gasteiger charge is 2.12. The van der Waals surface area contributed by atoms with E-state index in [2.05, 4.69) is 10.3 Å². The van der Waals surface area contributed by atoms with Crippen LogP contribution in [0.2, 0.25) is 0 Å². The van der Waals surface area contributed by atoms with E-state index in [1.807, 2.05) is 61.5 Å². The fourth-order valence-corrected chi connectivity index (χ4v) is 3.26. The number of methoxy groups -OCH3 is 1. The molecule has 0 aliphatic rings. The molecule has 122 valence electrons. The lowest BCUT2D eigenvalue weighted by molar-refractivity contribution is -0.115. The first-order chi connectivity index (χ1) is 11.7. The van der Waals surface area contributed by atoms with Crippen molar-refractivity contribution in [2.45, 2.75) is 13.3 Å². The van der Waals surface area contributed by atoms with Crippen molar-refractivity contribution in [1.29, 1.82) is 0 Å². The molecule has 3 aromatic rings. The second-order valence-corrected chi connectivity index (χ2v) is 6.57. The summed E-state index contributed by atoms with van der Waals surface area (Å²) in [5.74, 6) is 0.704. The van der Waals surface area contributed by atoms with E-state index in [0.717, 1.165) is 27.4 Å². The van der Waals surface area contributed by atoms with Crippen molar-refractivity contribution < 1.29 is 9.53 Å². The lowest BCUT2D eigenvalue weighted by Crippen LogP contribution is -2.14. The SMILES string of the molecule is COc1ccc(CC(=O)Nc2nc(-c3ccccc3)c(C)s2)cc1. The number of ether oxygens (including phenoxy) is 1. The van der Waals surface area contributed by atoms with E-state index in [1.165, 1.54) is 11.3 Å². The molecule has 0 saturated carbocycles. The van der Waals surface area contributed by atoms with E-state index >= 15 is 0 Å². The number of aryl methyl sites for hydroxylation is 1. The number of aromatic nitrogens is 1. The van der Waals surface area contributed by atoms with Crippen molar-refractivity contribution in [2.75, 3.05) is 12.4 Å². The number of amides is 1. The van der Waals surface area contributed by atoms with Crippen LogP contribution in [0.3, 0.4) is 0 Å². The third-order valence-corrected chi connectivity index (χ3v) is 4.50. The van der Waals surface area contributed by atoms with E-state index in [1.54, 1.807) is 7.11 Å². The zero-order valence-corrected chi connectivity index (χ0v) is 14.4. The Bertz CT molecular complexity index is 826. The summed E-state index contributed by atoms with van der Waals surface area (Å²) in [4.78, 5) is 17.9. The molecule has 1 heterocycles. The predicted molar refractivity (Wildman–Crippen MR) is 97.6 cm³/mol. The van der Waals surface area contributed by atoms with Crippen LogP contribution in [-0.2, 0) is 11.2 Å². The molecular formula is C19H18N2O2S. The van der Waals surface area contributed by atoms with Crippen LogP contribution < -0.4 is 10.1 Å². The normalized spacial score (nSPS) is 10.4. The number of hydrogen-bond donors (Lipinski definition) is 1. The molecule has 0 aliphatic heterocycles. The summed E-state index contributed by atoms with van der Waals surface area (Å²) >= 11 is 1.49. The summed E-state index contributed by atoms with van der Waals surface area (Å²) in [5.41, 5.74) is 2.91. The molecule has 0 radical (unpaired) electrons. The average molecular weight is 338 g/mol. The van der Waals surface area contributed by atoms with Crippen LogP contribution in [0.15, 0.2) is 54.6 Å². The van der Waals surface area contributed by atoms with Crippen LogP contribution in [-0.4, -0.2) is 18.0 Å². The van der Waals surface area contributed by atoms with Gasteiger partial charge in [-0.3, -0.25) is 4.79 Å². The molecule has 4 nitrogen and oxygen atoms in total. The maximum absolute atomic E-state index is 12.2. The van der Waals surface area contributed by atoms with Crippen molar-refractivity contribution >= 4 is 22.4 Å². The smallest absolute Gasteiger partial charge is 0.230 e. The molecule has 1 N–H and O–H groups in total. The van der Waals surface area contributed by atoms with Gasteiger partial charge in [-0.05, 0) is 24.6 Å². The Hall–Kier alpha value is -2.66. The largest absolute Gasteiger partial charge is 0.497 e. The molecule has 1 aromatic heterocycles. The van der Waals surface area contributed by atoms with Gasteiger partial charge in [0.15, 0.2) is 5.13 Å². The molecule has 0 unspecified atom stereocenters. The molecule has 0 bridgehead atoms. The average Bonchev–Trinajstić information content (AvgIpc) is 2.96. The van der Waals surface area contributed by atoms with Gasteiger partial charge < -0.3 is 10.1 Å². The number of rotatable bonds is 5. The number of nitrogens with one attached hydrogen (secondary N) is 1. The number of anilines is 1. The Morgan fingerprint density at radius 3 is 2.50 bits per heavy atom. The topological polar surface area (TPSA) is 51.2 Å². The molecule has 0 aliphatic carbocycles. The van der Waals surface area contributed by atoms with E-state index in [-0.39, 0.29) is 5.91 Å². The molecule has 0 saturated heterocycles. The molecule has 0 fully saturated rings. The minimum absolute atomic E-state index is 0.0754. The number of nitrogens with zero attached hydrogens (tertiary/aromatic N) is 1. The summed E-state index contributed by atoms with van der Waals surface area (Å²) in [6.07, 6.45) is 0.309. The van der Waals surface area contributed by atoms with Gasteiger partial charge in [0.1, 0.15) is 5.75 Å². The number of thiazole rings is 1. The fraction of sp³-hybridized carbons (Fsp3) is 0.158. The van der Waals surface area contributed by atoms with Crippen LogP contribution in [0.4, 0.5) is 5.13 Å². The Labute approximate surface area is 145 Å². The van der Waals surface area contributed by atoms with Gasteiger partial charge in [-0.25, -0.2) is 4.98 Å². The van der Waals surface area contributed by atoms with Crippen molar-refractivity contribution in [2.24, 2.45) is 0 Å². The van der Waals surface area contributed by atoms with Gasteiger partial charge in [-0.1, -0.05) is 42.5 Å². The lowest BCUT2D eigenvalue weighted by atomic mass is 10.1. The summed E-state index contributed by atoms with van der Waals surface area (Å²) in [6, 6.07) is 17.5. The van der Waals surface area contributed by atoms with Gasteiger partial charge in [0.25, 0.3) is 0 Å². The van der Waals surface area contributed by atoms with Gasteiger partial charge in [-0.15, -0.1) is 11.3 Å². The van der Waals surface area contributed by atoms with E-state index < -0.39 is 0 Å². The Morgan fingerprint density at radius 1 is 1.12 bits per heavy atom. The Kier molecular flexibility index (Phi) is 4.91. The van der Waals surface area contributed by atoms with Crippen LogP contribution in [0.25, 0.3) is 11.3 Å². The molecular weight excluding hydrogens is 320 g/mol. The minimum atomic E-state index is -0.0754. The number of carbonyl (C=O) groups excluding carboxylic acids is 1. The van der Waals surface area contributed by atoms with Gasteiger partial charge in [0.2, 0.25) is 5.91 Å². The second-order valence-electron chi connectivity index (χ2n) is 5.36. The van der Waals surface area contributed by atoms with Crippen LogP contribution in [0.1, 0.15) is 10.4 Å². The van der Waals surface area contributed by atoms with Crippen LogP contribution in [0, 0.1) is 6.92 Å². The molecule has 24 heavy (non-hydrogen) atoms. The van der Waals surface area contributed by atoms with Gasteiger partial charge in [0, 0.05) is 10.4 Å². The molecule has 2 aromatic carbocycles. The zero-order chi connectivity index (χ0) is 16.9. The monoisotopic (exact) mass is 338 g/mol. The predicted octanol–water partition coefficient (Wildman–Crippen LogP) is 4.31. The van der Waals surface area contributed by atoms with Crippen molar-refractivity contribution in [3.8, 4) is 17.0 Å². The summed E-state index contributed by atoms with van der Waals surface area (Å²) < 4.78 is 5.12. The Balaban J connectivity index is 1.68. The summed E-state index contributed by atoms with van der Waals surface area (Å²) in [6.45, 7) is 2.01. The molecule has 3 rings (SSSR count). The summed E-state index contributed by atoms with van der Waals surface area (Å²) in [5, 5.41) is 3.52. The lowest BCUT2D eigenvalue weighted by Gasteiger charge is -2.03. The fourth-order valence-electron chi connectivity index (χ4n) is 2.41. The minimum Gasteiger partial charge on any atom is -0.497 e. The van der Waals surface area contributed by atoms with Gasteiger partial charge in [0.05, 0.1) is 19.2 Å². The van der Waals surface area contributed by atoms with Crippen LogP contribution >= 0.6 is 11.3 Å². The third-order valence-electron chi connectivity index (χ3n) is 3.61. The first-order valence-corrected chi connectivity index (χ1v) is 8.43. The van der Waals surface area contributed by atoms with Crippen molar-refractivity contribution in [3.05, 3.63) is 65.0 Å². The van der Waals surface area contributed by atoms with Gasteiger partial charge in [-0.2, -0.15) is 0 Å².